The van der Waals surface area contributed by atoms with Crippen molar-refractivity contribution < 1.29 is 9.84 Å². The molecule has 15 heavy (non-hydrogen) atoms. The van der Waals surface area contributed by atoms with E-state index in [0.717, 1.165) is 25.2 Å². The molecule has 0 aromatic carbocycles. The molecule has 0 aromatic rings. The van der Waals surface area contributed by atoms with Gasteiger partial charge in [-0.2, -0.15) is 0 Å². The molecule has 0 aliphatic heterocycles. The van der Waals surface area contributed by atoms with Crippen LogP contribution in [0.25, 0.3) is 0 Å². The van der Waals surface area contributed by atoms with Crippen LogP contribution < -0.4 is 5.73 Å². The van der Waals surface area contributed by atoms with Crippen molar-refractivity contribution >= 4 is 0 Å². The zero-order valence-electron chi connectivity index (χ0n) is 9.40. The third kappa shape index (κ3) is 3.44. The molecule has 0 saturated heterocycles. The first-order valence-corrected chi connectivity index (χ1v) is 6.29. The van der Waals surface area contributed by atoms with Gasteiger partial charge in [0.05, 0.1) is 18.8 Å². The molecule has 0 spiro atoms. The summed E-state index contributed by atoms with van der Waals surface area (Å²) in [6.07, 6.45) is 8.20. The van der Waals surface area contributed by atoms with E-state index in [1.165, 1.54) is 25.7 Å². The maximum Gasteiger partial charge on any atom is 0.0776 e. The summed E-state index contributed by atoms with van der Waals surface area (Å²) >= 11 is 0. The second-order valence-corrected chi connectivity index (χ2v) is 5.23. The molecular weight excluding hydrogens is 190 g/mol. The van der Waals surface area contributed by atoms with Gasteiger partial charge in [0, 0.05) is 6.04 Å². The highest BCUT2D eigenvalue weighted by atomic mass is 16.5. The average Bonchev–Trinajstić information content (AvgIpc) is 2.63. The minimum absolute atomic E-state index is 0.259. The van der Waals surface area contributed by atoms with Crippen LogP contribution in [0.15, 0.2) is 0 Å². The number of hydrogen-bond donors (Lipinski definition) is 2. The first kappa shape index (κ1) is 11.4. The molecule has 2 aliphatic carbocycles. The van der Waals surface area contributed by atoms with Gasteiger partial charge in [0.1, 0.15) is 0 Å². The van der Waals surface area contributed by atoms with E-state index < -0.39 is 0 Å². The molecule has 1 unspecified atom stereocenters. The number of aliphatic hydroxyl groups excluding tert-OH is 1. The highest BCUT2D eigenvalue weighted by Gasteiger charge is 2.27. The summed E-state index contributed by atoms with van der Waals surface area (Å²) in [7, 11) is 0. The van der Waals surface area contributed by atoms with Crippen LogP contribution in [-0.2, 0) is 4.74 Å². The Bertz CT molecular complexity index is 186. The molecule has 3 heteroatoms. The van der Waals surface area contributed by atoms with Crippen LogP contribution in [0.5, 0.6) is 0 Å². The molecule has 2 rings (SSSR count). The predicted molar refractivity (Wildman–Crippen MR) is 59.5 cm³/mol. The van der Waals surface area contributed by atoms with Gasteiger partial charge in [0.25, 0.3) is 0 Å². The Labute approximate surface area is 92.0 Å². The smallest absolute Gasteiger partial charge is 0.0776 e. The van der Waals surface area contributed by atoms with Crippen LogP contribution in [-0.4, -0.2) is 30.0 Å². The number of aliphatic hydroxyl groups is 1. The lowest BCUT2D eigenvalue weighted by atomic mass is 9.90. The molecule has 88 valence electrons. The summed E-state index contributed by atoms with van der Waals surface area (Å²) in [5.74, 6) is 0.743. The normalized spacial score (nSPS) is 34.0. The largest absolute Gasteiger partial charge is 0.391 e. The van der Waals surface area contributed by atoms with Crippen LogP contribution >= 0.6 is 0 Å². The van der Waals surface area contributed by atoms with E-state index in [1.54, 1.807) is 0 Å². The third-order valence-corrected chi connectivity index (χ3v) is 3.74. The van der Waals surface area contributed by atoms with Crippen molar-refractivity contribution in [2.24, 2.45) is 11.7 Å². The van der Waals surface area contributed by atoms with Crippen molar-refractivity contribution in [3.05, 3.63) is 0 Å². The minimum atomic E-state index is -0.259. The van der Waals surface area contributed by atoms with Gasteiger partial charge >= 0.3 is 0 Å². The van der Waals surface area contributed by atoms with Crippen LogP contribution in [0, 0.1) is 5.92 Å². The Kier molecular flexibility index (Phi) is 4.00. The van der Waals surface area contributed by atoms with Crippen molar-refractivity contribution in [3.63, 3.8) is 0 Å². The molecule has 0 aromatic heterocycles. The molecular formula is C12H23NO2. The van der Waals surface area contributed by atoms with E-state index in [9.17, 15) is 5.11 Å². The fourth-order valence-corrected chi connectivity index (χ4v) is 2.69. The summed E-state index contributed by atoms with van der Waals surface area (Å²) in [6, 6.07) is 0.335. The summed E-state index contributed by atoms with van der Waals surface area (Å²) < 4.78 is 5.59. The SMILES string of the molecule is NC1CC(OCC(O)CC2CCCC2)C1. The van der Waals surface area contributed by atoms with E-state index in [1.807, 2.05) is 0 Å². The molecule has 0 bridgehead atoms. The van der Waals surface area contributed by atoms with E-state index in [2.05, 4.69) is 0 Å². The van der Waals surface area contributed by atoms with Gasteiger partial charge in [-0.15, -0.1) is 0 Å². The van der Waals surface area contributed by atoms with Gasteiger partial charge in [-0.3, -0.25) is 0 Å². The first-order valence-electron chi connectivity index (χ1n) is 6.29. The fourth-order valence-electron chi connectivity index (χ4n) is 2.69. The van der Waals surface area contributed by atoms with Gasteiger partial charge < -0.3 is 15.6 Å². The summed E-state index contributed by atoms with van der Waals surface area (Å²) in [6.45, 7) is 0.508. The van der Waals surface area contributed by atoms with Crippen molar-refractivity contribution in [1.29, 1.82) is 0 Å². The number of nitrogens with two attached hydrogens (primary N) is 1. The lowest BCUT2D eigenvalue weighted by molar-refractivity contribution is -0.0536. The second-order valence-electron chi connectivity index (χ2n) is 5.23. The van der Waals surface area contributed by atoms with E-state index in [4.69, 9.17) is 10.5 Å². The minimum Gasteiger partial charge on any atom is -0.391 e. The second kappa shape index (κ2) is 5.28. The Balaban J connectivity index is 1.54. The van der Waals surface area contributed by atoms with Crippen molar-refractivity contribution in [2.45, 2.75) is 63.2 Å². The van der Waals surface area contributed by atoms with Crippen LogP contribution in [0.2, 0.25) is 0 Å². The summed E-state index contributed by atoms with van der Waals surface area (Å²) in [5, 5.41) is 9.79. The maximum absolute atomic E-state index is 9.79. The lowest BCUT2D eigenvalue weighted by Gasteiger charge is -2.33. The zero-order chi connectivity index (χ0) is 10.7. The summed E-state index contributed by atoms with van der Waals surface area (Å²) in [4.78, 5) is 0. The zero-order valence-corrected chi connectivity index (χ0v) is 9.40. The van der Waals surface area contributed by atoms with E-state index in [0.29, 0.717) is 18.8 Å². The molecule has 3 N–H and O–H groups in total. The summed E-state index contributed by atoms with van der Waals surface area (Å²) in [5.41, 5.74) is 5.66. The molecule has 2 aliphatic rings. The number of rotatable bonds is 5. The average molecular weight is 213 g/mol. The lowest BCUT2D eigenvalue weighted by Crippen LogP contribution is -2.42. The molecule has 2 fully saturated rings. The number of ether oxygens (including phenoxy) is 1. The highest BCUT2D eigenvalue weighted by molar-refractivity contribution is 4.83. The Morgan fingerprint density at radius 3 is 2.53 bits per heavy atom. The highest BCUT2D eigenvalue weighted by Crippen LogP contribution is 2.29. The van der Waals surface area contributed by atoms with Gasteiger partial charge in [-0.25, -0.2) is 0 Å². The van der Waals surface area contributed by atoms with Gasteiger partial charge in [0.2, 0.25) is 0 Å². The Morgan fingerprint density at radius 1 is 1.27 bits per heavy atom. The number of hydrogen-bond acceptors (Lipinski definition) is 3. The molecule has 0 heterocycles. The molecule has 2 saturated carbocycles. The van der Waals surface area contributed by atoms with Crippen LogP contribution in [0.4, 0.5) is 0 Å². The Morgan fingerprint density at radius 2 is 1.93 bits per heavy atom. The van der Waals surface area contributed by atoms with Crippen molar-refractivity contribution in [1.82, 2.24) is 0 Å². The van der Waals surface area contributed by atoms with Crippen molar-refractivity contribution in [2.75, 3.05) is 6.61 Å². The standard InChI is InChI=1S/C12H23NO2/c13-10-6-12(7-10)15-8-11(14)5-9-3-1-2-4-9/h9-12,14H,1-8,13H2. The molecule has 0 radical (unpaired) electrons. The van der Waals surface area contributed by atoms with E-state index >= 15 is 0 Å². The fraction of sp³-hybridized carbons (Fsp3) is 1.00. The van der Waals surface area contributed by atoms with Crippen molar-refractivity contribution in [3.8, 4) is 0 Å². The van der Waals surface area contributed by atoms with Gasteiger partial charge in [0.15, 0.2) is 0 Å². The van der Waals surface area contributed by atoms with Crippen LogP contribution in [0.3, 0.4) is 0 Å². The monoisotopic (exact) mass is 213 g/mol. The third-order valence-electron chi connectivity index (χ3n) is 3.74. The van der Waals surface area contributed by atoms with Gasteiger partial charge in [-0.05, 0) is 25.2 Å². The Hall–Kier alpha value is -0.120. The van der Waals surface area contributed by atoms with Gasteiger partial charge in [-0.1, -0.05) is 25.7 Å². The van der Waals surface area contributed by atoms with Crippen LogP contribution in [0.1, 0.15) is 44.9 Å². The molecule has 0 amide bonds. The topological polar surface area (TPSA) is 55.5 Å². The quantitative estimate of drug-likeness (QED) is 0.726. The predicted octanol–water partition coefficient (Wildman–Crippen LogP) is 1.43. The molecule has 1 atom stereocenters. The maximum atomic E-state index is 9.79. The molecule has 3 nitrogen and oxygen atoms in total. The van der Waals surface area contributed by atoms with E-state index in [-0.39, 0.29) is 6.10 Å². The first-order chi connectivity index (χ1) is 7.24.